The molecular formula is C19H24N2O. The van der Waals surface area contributed by atoms with Gasteiger partial charge in [0.2, 0.25) is 5.88 Å². The lowest BCUT2D eigenvalue weighted by Gasteiger charge is -2.35. The van der Waals surface area contributed by atoms with E-state index in [9.17, 15) is 0 Å². The number of hydrogen-bond acceptors (Lipinski definition) is 3. The molecule has 0 radical (unpaired) electrons. The van der Waals surface area contributed by atoms with Gasteiger partial charge in [0.1, 0.15) is 5.75 Å². The monoisotopic (exact) mass is 296 g/mol. The van der Waals surface area contributed by atoms with Crippen molar-refractivity contribution in [3.8, 4) is 11.6 Å². The van der Waals surface area contributed by atoms with Gasteiger partial charge in [-0.1, -0.05) is 37.6 Å². The van der Waals surface area contributed by atoms with Crippen LogP contribution in [-0.2, 0) is 0 Å². The van der Waals surface area contributed by atoms with Gasteiger partial charge < -0.3 is 4.74 Å². The van der Waals surface area contributed by atoms with Crippen LogP contribution in [-0.4, -0.2) is 23.0 Å². The fourth-order valence-electron chi connectivity index (χ4n) is 3.18. The van der Waals surface area contributed by atoms with Crippen LogP contribution < -0.4 is 4.74 Å². The zero-order valence-corrected chi connectivity index (χ0v) is 13.2. The SMILES string of the molecule is CCCN1CCCC[C@H]1c1ccc(Oc2ccccc2)nc1. The highest BCUT2D eigenvalue weighted by molar-refractivity contribution is 5.28. The predicted molar refractivity (Wildman–Crippen MR) is 89.2 cm³/mol. The van der Waals surface area contributed by atoms with Crippen LogP contribution in [0.3, 0.4) is 0 Å². The van der Waals surface area contributed by atoms with E-state index in [0.29, 0.717) is 11.9 Å². The zero-order chi connectivity index (χ0) is 15.2. The number of nitrogens with zero attached hydrogens (tertiary/aromatic N) is 2. The lowest BCUT2D eigenvalue weighted by molar-refractivity contribution is 0.148. The highest BCUT2D eigenvalue weighted by Gasteiger charge is 2.23. The fraction of sp³-hybridized carbons (Fsp3) is 0.421. The van der Waals surface area contributed by atoms with Crippen molar-refractivity contribution in [2.24, 2.45) is 0 Å². The number of aromatic nitrogens is 1. The molecule has 1 aromatic heterocycles. The molecule has 116 valence electrons. The summed E-state index contributed by atoms with van der Waals surface area (Å²) < 4.78 is 5.77. The van der Waals surface area contributed by atoms with Gasteiger partial charge in [0.05, 0.1) is 0 Å². The summed E-state index contributed by atoms with van der Waals surface area (Å²) in [6, 6.07) is 14.5. The van der Waals surface area contributed by atoms with Gasteiger partial charge in [-0.15, -0.1) is 0 Å². The minimum absolute atomic E-state index is 0.520. The van der Waals surface area contributed by atoms with E-state index in [2.05, 4.69) is 22.9 Å². The van der Waals surface area contributed by atoms with E-state index < -0.39 is 0 Å². The van der Waals surface area contributed by atoms with Gasteiger partial charge in [0, 0.05) is 18.3 Å². The average Bonchev–Trinajstić information content (AvgIpc) is 2.58. The summed E-state index contributed by atoms with van der Waals surface area (Å²) in [6.45, 7) is 4.63. The Kier molecular flexibility index (Phi) is 5.07. The van der Waals surface area contributed by atoms with Crippen molar-refractivity contribution in [1.29, 1.82) is 0 Å². The first-order chi connectivity index (χ1) is 10.9. The molecule has 0 saturated carbocycles. The van der Waals surface area contributed by atoms with Gasteiger partial charge >= 0.3 is 0 Å². The first kappa shape index (κ1) is 15.0. The molecule has 2 aromatic rings. The number of likely N-dealkylation sites (tertiary alicyclic amines) is 1. The summed E-state index contributed by atoms with van der Waals surface area (Å²) >= 11 is 0. The molecule has 0 bridgehead atoms. The number of hydrogen-bond donors (Lipinski definition) is 0. The molecule has 0 amide bonds. The van der Waals surface area contributed by atoms with Crippen LogP contribution in [0.1, 0.15) is 44.2 Å². The standard InChI is InChI=1S/C19H24N2O/c1-2-13-21-14-7-6-10-18(21)16-11-12-19(20-15-16)22-17-8-4-3-5-9-17/h3-5,8-9,11-12,15,18H,2,6-7,10,13-14H2,1H3/t18-/m0/s1. The predicted octanol–water partition coefficient (Wildman–Crippen LogP) is 4.81. The normalized spacial score (nSPS) is 19.0. The van der Waals surface area contributed by atoms with Gasteiger partial charge in [-0.2, -0.15) is 0 Å². The summed E-state index contributed by atoms with van der Waals surface area (Å²) in [5.74, 6) is 1.49. The molecule has 22 heavy (non-hydrogen) atoms. The topological polar surface area (TPSA) is 25.4 Å². The molecule has 1 aliphatic rings. The number of ether oxygens (including phenoxy) is 1. The molecule has 2 heterocycles. The van der Waals surface area contributed by atoms with E-state index in [1.807, 2.05) is 42.6 Å². The van der Waals surface area contributed by atoms with Gasteiger partial charge in [-0.05, 0) is 50.0 Å². The second-order valence-corrected chi connectivity index (χ2v) is 5.89. The zero-order valence-electron chi connectivity index (χ0n) is 13.2. The van der Waals surface area contributed by atoms with E-state index in [-0.39, 0.29) is 0 Å². The summed E-state index contributed by atoms with van der Waals surface area (Å²) in [6.07, 6.45) is 7.06. The van der Waals surface area contributed by atoms with Crippen molar-refractivity contribution in [2.45, 2.75) is 38.6 Å². The maximum atomic E-state index is 5.77. The number of benzene rings is 1. The summed E-state index contributed by atoms with van der Waals surface area (Å²) in [4.78, 5) is 7.09. The summed E-state index contributed by atoms with van der Waals surface area (Å²) in [7, 11) is 0. The Morgan fingerprint density at radius 1 is 1.14 bits per heavy atom. The van der Waals surface area contributed by atoms with E-state index in [0.717, 1.165) is 5.75 Å². The molecule has 3 heteroatoms. The van der Waals surface area contributed by atoms with Crippen molar-refractivity contribution < 1.29 is 4.74 Å². The van der Waals surface area contributed by atoms with Gasteiger partial charge in [0.15, 0.2) is 0 Å². The molecule has 0 spiro atoms. The lowest BCUT2D eigenvalue weighted by Crippen LogP contribution is -2.34. The minimum Gasteiger partial charge on any atom is -0.439 e. The van der Waals surface area contributed by atoms with Crippen molar-refractivity contribution in [1.82, 2.24) is 9.88 Å². The molecule has 0 unspecified atom stereocenters. The third-order valence-corrected chi connectivity index (χ3v) is 4.23. The average molecular weight is 296 g/mol. The van der Waals surface area contributed by atoms with Crippen LogP contribution in [0.4, 0.5) is 0 Å². The Balaban J connectivity index is 1.70. The van der Waals surface area contributed by atoms with Crippen molar-refractivity contribution in [3.63, 3.8) is 0 Å². The van der Waals surface area contributed by atoms with Crippen LogP contribution in [0.25, 0.3) is 0 Å². The number of piperidine rings is 1. The van der Waals surface area contributed by atoms with Gasteiger partial charge in [-0.3, -0.25) is 4.90 Å². The Morgan fingerprint density at radius 3 is 2.73 bits per heavy atom. The maximum absolute atomic E-state index is 5.77. The minimum atomic E-state index is 0.520. The van der Waals surface area contributed by atoms with E-state index in [4.69, 9.17) is 4.74 Å². The van der Waals surface area contributed by atoms with Crippen LogP contribution in [0, 0.1) is 0 Å². The molecule has 0 N–H and O–H groups in total. The van der Waals surface area contributed by atoms with Gasteiger partial charge in [-0.25, -0.2) is 4.98 Å². The molecule has 1 aliphatic heterocycles. The Bertz CT molecular complexity index is 566. The van der Waals surface area contributed by atoms with Gasteiger partial charge in [0.25, 0.3) is 0 Å². The molecule has 3 nitrogen and oxygen atoms in total. The fourth-order valence-corrected chi connectivity index (χ4v) is 3.18. The maximum Gasteiger partial charge on any atom is 0.219 e. The first-order valence-corrected chi connectivity index (χ1v) is 8.29. The first-order valence-electron chi connectivity index (χ1n) is 8.29. The third-order valence-electron chi connectivity index (χ3n) is 4.23. The van der Waals surface area contributed by atoms with Crippen LogP contribution in [0.5, 0.6) is 11.6 Å². The van der Waals surface area contributed by atoms with Crippen LogP contribution >= 0.6 is 0 Å². The van der Waals surface area contributed by atoms with Crippen LogP contribution in [0.2, 0.25) is 0 Å². The molecule has 1 fully saturated rings. The molecule has 1 atom stereocenters. The van der Waals surface area contributed by atoms with Crippen molar-refractivity contribution in [3.05, 3.63) is 54.2 Å². The largest absolute Gasteiger partial charge is 0.439 e. The highest BCUT2D eigenvalue weighted by atomic mass is 16.5. The van der Waals surface area contributed by atoms with Crippen molar-refractivity contribution >= 4 is 0 Å². The molecule has 0 aliphatic carbocycles. The second-order valence-electron chi connectivity index (χ2n) is 5.89. The van der Waals surface area contributed by atoms with Crippen LogP contribution in [0.15, 0.2) is 48.7 Å². The molecule has 1 saturated heterocycles. The molecule has 1 aromatic carbocycles. The van der Waals surface area contributed by atoms with E-state index >= 15 is 0 Å². The number of para-hydroxylation sites is 1. The van der Waals surface area contributed by atoms with E-state index in [1.165, 1.54) is 44.3 Å². The molecule has 3 rings (SSSR count). The summed E-state index contributed by atoms with van der Waals surface area (Å²) in [5, 5.41) is 0. The smallest absolute Gasteiger partial charge is 0.219 e. The second kappa shape index (κ2) is 7.41. The quantitative estimate of drug-likeness (QED) is 0.791. The van der Waals surface area contributed by atoms with Crippen molar-refractivity contribution in [2.75, 3.05) is 13.1 Å². The number of rotatable bonds is 5. The Labute approximate surface area is 132 Å². The Hall–Kier alpha value is -1.87. The summed E-state index contributed by atoms with van der Waals surface area (Å²) in [5.41, 5.74) is 1.31. The molecular weight excluding hydrogens is 272 g/mol. The number of pyridine rings is 1. The van der Waals surface area contributed by atoms with E-state index in [1.54, 1.807) is 0 Å². The lowest BCUT2D eigenvalue weighted by atomic mass is 9.96. The Morgan fingerprint density at radius 2 is 2.00 bits per heavy atom. The third kappa shape index (κ3) is 3.66. The highest BCUT2D eigenvalue weighted by Crippen LogP contribution is 2.31.